The molecule has 0 amide bonds. The number of aliphatic hydroxyl groups excluding tert-OH is 1. The lowest BCUT2D eigenvalue weighted by Crippen LogP contribution is -2.41. The summed E-state index contributed by atoms with van der Waals surface area (Å²) in [5.74, 6) is -0.121. The Morgan fingerprint density at radius 3 is 2.68 bits per heavy atom. The van der Waals surface area contributed by atoms with Gasteiger partial charge in [-0.1, -0.05) is 24.4 Å². The van der Waals surface area contributed by atoms with Crippen LogP contribution in [0.25, 0.3) is 11.5 Å². The van der Waals surface area contributed by atoms with Crippen LogP contribution in [0.5, 0.6) is 0 Å². The van der Waals surface area contributed by atoms with Crippen molar-refractivity contribution in [3.63, 3.8) is 0 Å². The third kappa shape index (κ3) is 4.19. The molecule has 2 rings (SSSR count). The lowest BCUT2D eigenvalue weighted by molar-refractivity contribution is -0.576. The van der Waals surface area contributed by atoms with Crippen LogP contribution in [0, 0.1) is 24.0 Å². The predicted octanol–water partition coefficient (Wildman–Crippen LogP) is 3.32. The van der Waals surface area contributed by atoms with Crippen molar-refractivity contribution in [2.24, 2.45) is 0 Å². The smallest absolute Gasteiger partial charge is 0.288 e. The van der Waals surface area contributed by atoms with Crippen LogP contribution < -0.4 is 9.88 Å². The summed E-state index contributed by atoms with van der Waals surface area (Å²) >= 11 is 5.40. The van der Waals surface area contributed by atoms with Crippen LogP contribution in [-0.4, -0.2) is 21.6 Å². The molecule has 0 bridgehead atoms. The fraction of sp³-hybridized carbons (Fsp3) is 0.222. The molecule has 0 aliphatic carbocycles. The molecule has 0 saturated heterocycles. The molecule has 6 nitrogen and oxygen atoms in total. The van der Waals surface area contributed by atoms with Gasteiger partial charge in [-0.25, -0.2) is 0 Å². The van der Waals surface area contributed by atoms with E-state index < -0.39 is 4.92 Å². The van der Waals surface area contributed by atoms with E-state index in [0.717, 1.165) is 5.56 Å². The first-order valence-electron chi connectivity index (χ1n) is 7.80. The molecule has 1 heterocycles. The highest BCUT2D eigenvalue weighted by molar-refractivity contribution is 7.81. The zero-order valence-corrected chi connectivity index (χ0v) is 15.1. The second-order valence-corrected chi connectivity index (χ2v) is 6.01. The van der Waals surface area contributed by atoms with E-state index in [-0.39, 0.29) is 11.4 Å². The Hall–Kier alpha value is -2.80. The molecule has 0 saturated carbocycles. The minimum atomic E-state index is -0.464. The van der Waals surface area contributed by atoms with Crippen molar-refractivity contribution < 1.29 is 14.6 Å². The van der Waals surface area contributed by atoms with E-state index >= 15 is 0 Å². The largest absolute Gasteiger partial charge is 0.502 e. The normalized spacial score (nSPS) is 11.6. The van der Waals surface area contributed by atoms with Gasteiger partial charge < -0.3 is 10.4 Å². The number of nitrogens with zero attached hydrogens (tertiary/aromatic N) is 2. The van der Waals surface area contributed by atoms with Gasteiger partial charge in [-0.15, -0.1) is 0 Å². The zero-order chi connectivity index (χ0) is 18.6. The van der Waals surface area contributed by atoms with E-state index in [1.54, 1.807) is 29.8 Å². The lowest BCUT2D eigenvalue weighted by Gasteiger charge is -2.09. The van der Waals surface area contributed by atoms with E-state index in [2.05, 4.69) is 5.32 Å². The van der Waals surface area contributed by atoms with Crippen molar-refractivity contribution in [1.82, 2.24) is 5.32 Å². The van der Waals surface area contributed by atoms with Crippen LogP contribution in [0.4, 0.5) is 5.69 Å². The second kappa shape index (κ2) is 7.85. The number of hydrogen-bond donors (Lipinski definition) is 2. The first-order valence-corrected chi connectivity index (χ1v) is 8.21. The molecule has 0 radical (unpaired) electrons. The van der Waals surface area contributed by atoms with Crippen molar-refractivity contribution in [2.45, 2.75) is 20.8 Å². The summed E-state index contributed by atoms with van der Waals surface area (Å²) in [5, 5.41) is 25.0. The molecule has 0 atom stereocenters. The number of pyridine rings is 1. The average molecular weight is 358 g/mol. The number of hydrogen-bond acceptors (Lipinski definition) is 4. The molecule has 0 aliphatic rings. The third-order valence-corrected chi connectivity index (χ3v) is 4.00. The maximum atomic E-state index is 11.2. The van der Waals surface area contributed by atoms with Gasteiger partial charge in [0, 0.05) is 35.4 Å². The van der Waals surface area contributed by atoms with Gasteiger partial charge in [-0.05, 0) is 26.8 Å². The summed E-state index contributed by atoms with van der Waals surface area (Å²) in [4.78, 5) is 11.1. The molecule has 1 aromatic heterocycles. The van der Waals surface area contributed by atoms with Crippen LogP contribution in [0.1, 0.15) is 23.6 Å². The number of nitrogens with one attached hydrogen (secondary N) is 1. The summed E-state index contributed by atoms with van der Waals surface area (Å²) in [6.45, 7) is 6.08. The molecule has 7 heteroatoms. The fourth-order valence-corrected chi connectivity index (χ4v) is 2.76. The number of aliphatic hydroxyl groups is 1. The molecule has 2 N–H and O–H groups in total. The quantitative estimate of drug-likeness (QED) is 0.214. The van der Waals surface area contributed by atoms with Crippen molar-refractivity contribution in [2.75, 3.05) is 6.54 Å². The SMILES string of the molecule is CCNC(=S)/C(=C(/O)c1ccc(C)c([N+](=O)[O-])c1)[n+]1cccc(C)c1. The molecule has 25 heavy (non-hydrogen) atoms. The van der Waals surface area contributed by atoms with Gasteiger partial charge in [0.2, 0.25) is 0 Å². The maximum absolute atomic E-state index is 11.2. The van der Waals surface area contributed by atoms with Gasteiger partial charge in [0.25, 0.3) is 11.4 Å². The van der Waals surface area contributed by atoms with Gasteiger partial charge in [0.15, 0.2) is 23.1 Å². The molecule has 2 aromatic rings. The summed E-state index contributed by atoms with van der Waals surface area (Å²) in [6, 6.07) is 8.38. The van der Waals surface area contributed by atoms with Crippen LogP contribution in [0.3, 0.4) is 0 Å². The van der Waals surface area contributed by atoms with Gasteiger partial charge in [0.05, 0.1) is 4.92 Å². The van der Waals surface area contributed by atoms with E-state index in [1.807, 2.05) is 32.2 Å². The Kier molecular flexibility index (Phi) is 5.82. The van der Waals surface area contributed by atoms with Gasteiger partial charge >= 0.3 is 0 Å². The fourth-order valence-electron chi connectivity index (χ4n) is 2.41. The molecule has 0 unspecified atom stereocenters. The van der Waals surface area contributed by atoms with E-state index in [4.69, 9.17) is 12.2 Å². The molecule has 0 spiro atoms. The van der Waals surface area contributed by atoms with E-state index in [1.165, 1.54) is 6.07 Å². The first-order chi connectivity index (χ1) is 11.8. The number of rotatable bonds is 5. The minimum absolute atomic E-state index is 0.0491. The Labute approximate surface area is 151 Å². The highest BCUT2D eigenvalue weighted by Crippen LogP contribution is 2.25. The Morgan fingerprint density at radius 2 is 2.08 bits per heavy atom. The number of nitro groups is 1. The van der Waals surface area contributed by atoms with Crippen LogP contribution in [0.15, 0.2) is 42.7 Å². The number of benzene rings is 1. The Bertz CT molecular complexity index is 862. The number of aryl methyl sites for hydroxylation is 2. The Balaban J connectivity index is 2.67. The topological polar surface area (TPSA) is 79.3 Å². The van der Waals surface area contributed by atoms with Gasteiger partial charge in [-0.3, -0.25) is 10.1 Å². The summed E-state index contributed by atoms with van der Waals surface area (Å²) in [6.07, 6.45) is 3.60. The predicted molar refractivity (Wildman–Crippen MR) is 101 cm³/mol. The summed E-state index contributed by atoms with van der Waals surface area (Å²) in [7, 11) is 0. The zero-order valence-electron chi connectivity index (χ0n) is 14.3. The van der Waals surface area contributed by atoms with Gasteiger partial charge in [-0.2, -0.15) is 4.57 Å². The van der Waals surface area contributed by atoms with Crippen molar-refractivity contribution in [1.29, 1.82) is 0 Å². The molecular formula is C18H20N3O3S+. The molecule has 0 aliphatic heterocycles. The van der Waals surface area contributed by atoms with Crippen molar-refractivity contribution in [3.05, 3.63) is 69.5 Å². The van der Waals surface area contributed by atoms with Gasteiger partial charge in [0.1, 0.15) is 0 Å². The van der Waals surface area contributed by atoms with E-state index in [9.17, 15) is 15.2 Å². The maximum Gasteiger partial charge on any atom is 0.288 e. The molecule has 130 valence electrons. The van der Waals surface area contributed by atoms with Crippen LogP contribution >= 0.6 is 12.2 Å². The molecule has 0 fully saturated rings. The third-order valence-electron chi connectivity index (χ3n) is 3.66. The monoisotopic (exact) mass is 358 g/mol. The van der Waals surface area contributed by atoms with Crippen LogP contribution in [0.2, 0.25) is 0 Å². The second-order valence-electron chi connectivity index (χ2n) is 5.60. The lowest BCUT2D eigenvalue weighted by atomic mass is 10.1. The van der Waals surface area contributed by atoms with Crippen LogP contribution in [-0.2, 0) is 0 Å². The minimum Gasteiger partial charge on any atom is -0.502 e. The number of likely N-dealkylation sites (N-methyl/N-ethyl adjacent to an activating group) is 1. The highest BCUT2D eigenvalue weighted by Gasteiger charge is 2.25. The number of thiocarbonyl (C=S) groups is 1. The van der Waals surface area contributed by atoms with Crippen molar-refractivity contribution in [3.8, 4) is 0 Å². The highest BCUT2D eigenvalue weighted by atomic mass is 32.1. The average Bonchev–Trinajstić information content (AvgIpc) is 2.55. The Morgan fingerprint density at radius 1 is 1.36 bits per heavy atom. The molecular weight excluding hydrogens is 338 g/mol. The number of aromatic nitrogens is 1. The summed E-state index contributed by atoms with van der Waals surface area (Å²) < 4.78 is 1.71. The standard InChI is InChI=1S/C18H19N3O3S/c1-4-19-18(25)16(20-9-5-6-12(2)11-20)17(22)14-8-7-13(3)15(10-14)21(23)24/h5-11H,4H2,1-3H3,(H-,19,22,25)/p+1. The molecule has 1 aromatic carbocycles. The summed E-state index contributed by atoms with van der Waals surface area (Å²) in [5.41, 5.74) is 2.18. The first kappa shape index (κ1) is 18.5. The van der Waals surface area contributed by atoms with Crippen molar-refractivity contribution >= 4 is 34.3 Å². The van der Waals surface area contributed by atoms with E-state index in [0.29, 0.717) is 28.4 Å². The number of nitro benzene ring substituents is 1.